The van der Waals surface area contributed by atoms with Crippen LogP contribution in [0.25, 0.3) is 0 Å². The average molecular weight is 269 g/mol. The Morgan fingerprint density at radius 1 is 1.56 bits per heavy atom. The van der Waals surface area contributed by atoms with Crippen LogP contribution in [0, 0.1) is 5.92 Å². The highest BCUT2D eigenvalue weighted by atomic mass is 35.5. The Kier molecular flexibility index (Phi) is 4.58. The van der Waals surface area contributed by atoms with Crippen LogP contribution in [0.3, 0.4) is 0 Å². The third kappa shape index (κ3) is 3.22. The Morgan fingerprint density at radius 3 is 3.00 bits per heavy atom. The molecule has 0 saturated carbocycles. The van der Waals surface area contributed by atoms with E-state index in [-0.39, 0.29) is 18.4 Å². The summed E-state index contributed by atoms with van der Waals surface area (Å²) in [6.07, 6.45) is 0.0885. The molecule has 1 aliphatic heterocycles. The summed E-state index contributed by atoms with van der Waals surface area (Å²) in [6, 6.07) is 7.10. The molecule has 5 heteroatoms. The van der Waals surface area contributed by atoms with E-state index in [0.29, 0.717) is 17.1 Å². The van der Waals surface area contributed by atoms with E-state index >= 15 is 0 Å². The van der Waals surface area contributed by atoms with Crippen LogP contribution in [0.5, 0.6) is 0 Å². The zero-order valence-corrected chi connectivity index (χ0v) is 10.8. The van der Waals surface area contributed by atoms with E-state index in [1.54, 1.807) is 18.2 Å². The first-order valence-electron chi connectivity index (χ1n) is 6.09. The van der Waals surface area contributed by atoms with E-state index in [1.807, 2.05) is 6.07 Å². The van der Waals surface area contributed by atoms with Gasteiger partial charge in [-0.15, -0.1) is 0 Å². The molecule has 1 fully saturated rings. The van der Waals surface area contributed by atoms with Crippen LogP contribution in [0.1, 0.15) is 18.1 Å². The van der Waals surface area contributed by atoms with Crippen molar-refractivity contribution in [3.63, 3.8) is 0 Å². The number of carbonyl (C=O) groups excluding carboxylic acids is 1. The van der Waals surface area contributed by atoms with Crippen LogP contribution in [-0.4, -0.2) is 30.6 Å². The van der Waals surface area contributed by atoms with Gasteiger partial charge in [-0.05, 0) is 19.0 Å². The van der Waals surface area contributed by atoms with Crippen LogP contribution >= 0.6 is 11.6 Å². The SMILES string of the molecule is O=C(NCC(O)c1ccccc1Cl)C1CCNC1. The molecule has 0 bridgehead atoms. The van der Waals surface area contributed by atoms with Crippen LogP contribution < -0.4 is 10.6 Å². The van der Waals surface area contributed by atoms with Crippen molar-refractivity contribution in [2.24, 2.45) is 5.92 Å². The molecule has 2 unspecified atom stereocenters. The van der Waals surface area contributed by atoms with Gasteiger partial charge in [0.2, 0.25) is 5.91 Å². The lowest BCUT2D eigenvalue weighted by atomic mass is 10.1. The van der Waals surface area contributed by atoms with E-state index in [9.17, 15) is 9.90 Å². The van der Waals surface area contributed by atoms with Crippen molar-refractivity contribution in [1.82, 2.24) is 10.6 Å². The zero-order valence-electron chi connectivity index (χ0n) is 10.0. The molecule has 1 aromatic carbocycles. The maximum absolute atomic E-state index is 11.8. The van der Waals surface area contributed by atoms with Gasteiger partial charge >= 0.3 is 0 Å². The quantitative estimate of drug-likeness (QED) is 0.766. The van der Waals surface area contributed by atoms with Gasteiger partial charge in [0.25, 0.3) is 0 Å². The van der Waals surface area contributed by atoms with E-state index in [2.05, 4.69) is 10.6 Å². The zero-order chi connectivity index (χ0) is 13.0. The number of carbonyl (C=O) groups is 1. The summed E-state index contributed by atoms with van der Waals surface area (Å²) in [5.74, 6) is 0.00884. The van der Waals surface area contributed by atoms with Crippen LogP contribution in [0.4, 0.5) is 0 Å². The van der Waals surface area contributed by atoms with Crippen molar-refractivity contribution in [3.8, 4) is 0 Å². The molecule has 3 N–H and O–H groups in total. The second-order valence-electron chi connectivity index (χ2n) is 4.47. The number of aliphatic hydroxyl groups excluding tert-OH is 1. The summed E-state index contributed by atoms with van der Waals surface area (Å²) in [7, 11) is 0. The third-order valence-electron chi connectivity index (χ3n) is 3.16. The summed E-state index contributed by atoms with van der Waals surface area (Å²) in [4.78, 5) is 11.8. The smallest absolute Gasteiger partial charge is 0.224 e. The molecule has 1 heterocycles. The predicted molar refractivity (Wildman–Crippen MR) is 70.4 cm³/mol. The lowest BCUT2D eigenvalue weighted by molar-refractivity contribution is -0.124. The Hall–Kier alpha value is -1.10. The largest absolute Gasteiger partial charge is 0.387 e. The topological polar surface area (TPSA) is 61.4 Å². The first kappa shape index (κ1) is 13.3. The van der Waals surface area contributed by atoms with E-state index in [0.717, 1.165) is 13.0 Å². The minimum Gasteiger partial charge on any atom is -0.387 e. The molecule has 2 atom stereocenters. The van der Waals surface area contributed by atoms with E-state index in [4.69, 9.17) is 11.6 Å². The number of amides is 1. The highest BCUT2D eigenvalue weighted by Gasteiger charge is 2.22. The van der Waals surface area contributed by atoms with Gasteiger partial charge in [-0.3, -0.25) is 4.79 Å². The Morgan fingerprint density at radius 2 is 2.33 bits per heavy atom. The second kappa shape index (κ2) is 6.18. The van der Waals surface area contributed by atoms with Gasteiger partial charge in [0.15, 0.2) is 0 Å². The number of hydrogen-bond acceptors (Lipinski definition) is 3. The molecule has 0 aromatic heterocycles. The lowest BCUT2D eigenvalue weighted by Crippen LogP contribution is -2.34. The van der Waals surface area contributed by atoms with Gasteiger partial charge in [-0.2, -0.15) is 0 Å². The standard InChI is InChI=1S/C13H17ClN2O2/c14-11-4-2-1-3-10(11)12(17)8-16-13(18)9-5-6-15-7-9/h1-4,9,12,15,17H,5-8H2,(H,16,18). The van der Waals surface area contributed by atoms with Gasteiger partial charge in [-0.1, -0.05) is 29.8 Å². The molecule has 1 saturated heterocycles. The van der Waals surface area contributed by atoms with Crippen LogP contribution in [0.2, 0.25) is 5.02 Å². The van der Waals surface area contributed by atoms with Crippen molar-refractivity contribution in [3.05, 3.63) is 34.9 Å². The first-order chi connectivity index (χ1) is 8.68. The maximum atomic E-state index is 11.8. The minimum absolute atomic E-state index is 0.00824. The van der Waals surface area contributed by atoms with Crippen LogP contribution in [0.15, 0.2) is 24.3 Å². The summed E-state index contributed by atoms with van der Waals surface area (Å²) in [5, 5.41) is 16.4. The minimum atomic E-state index is -0.767. The Bertz CT molecular complexity index is 419. The molecule has 2 rings (SSSR count). The maximum Gasteiger partial charge on any atom is 0.224 e. The molecule has 0 spiro atoms. The number of rotatable bonds is 4. The number of aliphatic hydroxyl groups is 1. The van der Waals surface area contributed by atoms with Crippen molar-refractivity contribution < 1.29 is 9.90 Å². The molecule has 18 heavy (non-hydrogen) atoms. The summed E-state index contributed by atoms with van der Waals surface area (Å²) >= 11 is 5.98. The Labute approximate surface area is 111 Å². The van der Waals surface area contributed by atoms with Gasteiger partial charge in [0.05, 0.1) is 12.0 Å². The molecule has 1 aromatic rings. The molecular weight excluding hydrogens is 252 g/mol. The average Bonchev–Trinajstić information content (AvgIpc) is 2.90. The van der Waals surface area contributed by atoms with Gasteiger partial charge in [0.1, 0.15) is 0 Å². The molecule has 4 nitrogen and oxygen atoms in total. The fourth-order valence-electron chi connectivity index (χ4n) is 2.08. The number of hydrogen-bond donors (Lipinski definition) is 3. The molecule has 0 aliphatic carbocycles. The lowest BCUT2D eigenvalue weighted by Gasteiger charge is -2.15. The van der Waals surface area contributed by atoms with Crippen molar-refractivity contribution >= 4 is 17.5 Å². The molecular formula is C13H17ClN2O2. The van der Waals surface area contributed by atoms with Crippen molar-refractivity contribution in [2.45, 2.75) is 12.5 Å². The summed E-state index contributed by atoms with van der Waals surface area (Å²) in [6.45, 7) is 1.79. The fourth-order valence-corrected chi connectivity index (χ4v) is 2.34. The molecule has 98 valence electrons. The van der Waals surface area contributed by atoms with Crippen molar-refractivity contribution in [1.29, 1.82) is 0 Å². The number of halogens is 1. The predicted octanol–water partition coefficient (Wildman–Crippen LogP) is 1.10. The van der Waals surface area contributed by atoms with Gasteiger partial charge < -0.3 is 15.7 Å². The van der Waals surface area contributed by atoms with Gasteiger partial charge in [0, 0.05) is 23.7 Å². The highest BCUT2D eigenvalue weighted by molar-refractivity contribution is 6.31. The monoisotopic (exact) mass is 268 g/mol. The van der Waals surface area contributed by atoms with Gasteiger partial charge in [-0.25, -0.2) is 0 Å². The molecule has 0 radical (unpaired) electrons. The highest BCUT2D eigenvalue weighted by Crippen LogP contribution is 2.22. The first-order valence-corrected chi connectivity index (χ1v) is 6.47. The van der Waals surface area contributed by atoms with E-state index < -0.39 is 6.10 Å². The van der Waals surface area contributed by atoms with Crippen molar-refractivity contribution in [2.75, 3.05) is 19.6 Å². The second-order valence-corrected chi connectivity index (χ2v) is 4.88. The van der Waals surface area contributed by atoms with E-state index in [1.165, 1.54) is 0 Å². The van der Waals surface area contributed by atoms with Crippen LogP contribution in [-0.2, 0) is 4.79 Å². The Balaban J connectivity index is 1.86. The summed E-state index contributed by atoms with van der Waals surface area (Å²) in [5.41, 5.74) is 0.643. The molecule has 1 amide bonds. The molecule has 1 aliphatic rings. The third-order valence-corrected chi connectivity index (χ3v) is 3.51. The number of nitrogens with one attached hydrogen (secondary N) is 2. The normalized spacial score (nSPS) is 20.7. The summed E-state index contributed by atoms with van der Waals surface area (Å²) < 4.78 is 0. The fraction of sp³-hybridized carbons (Fsp3) is 0.462. The number of benzene rings is 1.